The lowest BCUT2D eigenvalue weighted by molar-refractivity contribution is -0.161. The summed E-state index contributed by atoms with van der Waals surface area (Å²) in [6.07, 6.45) is 61.7. The van der Waals surface area contributed by atoms with Gasteiger partial charge >= 0.3 is 39.5 Å². The van der Waals surface area contributed by atoms with E-state index in [1.165, 1.54) is 225 Å². The van der Waals surface area contributed by atoms with Gasteiger partial charge in [0, 0.05) is 25.7 Å². The SMILES string of the molecule is CCCCCCCCCCCCCCCCCCCCCCCC(=O)O[C@H](COC(=O)CCCCCCCCCCCCCCCCCCCCCC)COP(=O)(O)OC[C@@H](O)COP(=O)(O)OC[C@@H](COC(=O)CCCCCCCCC)OC(=O)CCCCCCCCC(C)C. The predicted octanol–water partition coefficient (Wildman–Crippen LogP) is 23.3. The van der Waals surface area contributed by atoms with Crippen LogP contribution in [0, 0.1) is 5.92 Å². The fourth-order valence-corrected chi connectivity index (χ4v) is 13.6. The van der Waals surface area contributed by atoms with Crippen LogP contribution in [0.2, 0.25) is 0 Å². The Hall–Kier alpha value is -1.94. The van der Waals surface area contributed by atoms with Gasteiger partial charge in [0.2, 0.25) is 0 Å². The summed E-state index contributed by atoms with van der Waals surface area (Å²) in [6, 6.07) is 0. The maximum absolute atomic E-state index is 13.1. The van der Waals surface area contributed by atoms with E-state index < -0.39 is 97.5 Å². The Morgan fingerprint density at radius 1 is 0.278 bits per heavy atom. The molecule has 0 aromatic carbocycles. The molecule has 19 heteroatoms. The van der Waals surface area contributed by atoms with Crippen molar-refractivity contribution in [3.63, 3.8) is 0 Å². The average Bonchev–Trinajstić information content (AvgIpc) is 1.97. The minimum atomic E-state index is -4.96. The number of rotatable bonds is 78. The third-order valence-electron chi connectivity index (χ3n) is 18.3. The Morgan fingerprint density at radius 3 is 0.701 bits per heavy atom. The second kappa shape index (κ2) is 71.1. The lowest BCUT2D eigenvalue weighted by Crippen LogP contribution is -2.30. The predicted molar refractivity (Wildman–Crippen MR) is 395 cm³/mol. The molecule has 0 saturated carbocycles. The molecule has 0 bridgehead atoms. The molecule has 0 aliphatic rings. The summed E-state index contributed by atoms with van der Waals surface area (Å²) in [6.45, 7) is 7.16. The van der Waals surface area contributed by atoms with Crippen LogP contribution >= 0.6 is 15.6 Å². The van der Waals surface area contributed by atoms with Crippen molar-refractivity contribution >= 4 is 39.5 Å². The zero-order valence-corrected chi connectivity index (χ0v) is 65.0. The number of carbonyl (C=O) groups excluding carboxylic acids is 4. The van der Waals surface area contributed by atoms with E-state index in [9.17, 15) is 43.2 Å². The Labute approximate surface area is 594 Å². The Balaban J connectivity index is 5.12. The standard InChI is InChI=1S/C78H152O17P2/c1-6-9-12-15-18-20-22-24-26-28-30-32-34-36-38-40-42-44-47-53-58-63-77(82)94-73(68-89-76(81)62-57-52-46-43-41-39-37-35-33-31-29-27-25-23-21-19-16-13-10-7-2)69-92-96(84,85)90-65-72(79)66-91-97(86,87)93-70-74(67-88-75(80)61-56-51-45-17-14-11-8-3)95-78(83)64-59-54-49-48-50-55-60-71(4)5/h71-74,79H,6-70H2,1-5H3,(H,84,85)(H,86,87)/t72-,73-,74-/m1/s1. The van der Waals surface area contributed by atoms with E-state index in [0.717, 1.165) is 103 Å². The van der Waals surface area contributed by atoms with E-state index in [1.807, 2.05) is 0 Å². The molecule has 97 heavy (non-hydrogen) atoms. The van der Waals surface area contributed by atoms with Gasteiger partial charge in [-0.15, -0.1) is 0 Å². The molecule has 3 N–H and O–H groups in total. The number of unbranched alkanes of at least 4 members (excludes halogenated alkanes) is 50. The molecule has 17 nitrogen and oxygen atoms in total. The first kappa shape index (κ1) is 95.1. The van der Waals surface area contributed by atoms with Gasteiger partial charge in [0.05, 0.1) is 26.4 Å². The Kier molecular flexibility index (Phi) is 69.6. The van der Waals surface area contributed by atoms with Crippen LogP contribution in [0.3, 0.4) is 0 Å². The number of aliphatic hydroxyl groups is 1. The third-order valence-corrected chi connectivity index (χ3v) is 20.2. The molecule has 576 valence electrons. The number of aliphatic hydroxyl groups excluding tert-OH is 1. The van der Waals surface area contributed by atoms with E-state index in [2.05, 4.69) is 34.6 Å². The monoisotopic (exact) mass is 1420 g/mol. The van der Waals surface area contributed by atoms with Gasteiger partial charge in [0.15, 0.2) is 12.2 Å². The molecule has 0 saturated heterocycles. The zero-order chi connectivity index (χ0) is 71.2. The molecule has 5 atom stereocenters. The van der Waals surface area contributed by atoms with E-state index in [0.29, 0.717) is 31.6 Å². The molecule has 0 aromatic rings. The molecular formula is C78H152O17P2. The van der Waals surface area contributed by atoms with Crippen LogP contribution in [0.25, 0.3) is 0 Å². The summed E-state index contributed by atoms with van der Waals surface area (Å²) >= 11 is 0. The van der Waals surface area contributed by atoms with Crippen LogP contribution in [0.15, 0.2) is 0 Å². The van der Waals surface area contributed by atoms with Gasteiger partial charge in [-0.05, 0) is 31.6 Å². The molecule has 0 aliphatic heterocycles. The summed E-state index contributed by atoms with van der Waals surface area (Å²) in [5, 5.41) is 10.6. The summed E-state index contributed by atoms with van der Waals surface area (Å²) in [5.41, 5.74) is 0. The quantitative estimate of drug-likeness (QED) is 0.0222. The lowest BCUT2D eigenvalue weighted by atomic mass is 10.0. The second-order valence-electron chi connectivity index (χ2n) is 28.6. The molecule has 0 heterocycles. The highest BCUT2D eigenvalue weighted by atomic mass is 31.2. The Morgan fingerprint density at radius 2 is 0.474 bits per heavy atom. The molecule has 0 rings (SSSR count). The summed E-state index contributed by atoms with van der Waals surface area (Å²) in [4.78, 5) is 72.6. The largest absolute Gasteiger partial charge is 0.472 e. The normalized spacial score (nSPS) is 13.9. The number of ether oxygens (including phenoxy) is 4. The van der Waals surface area contributed by atoms with Gasteiger partial charge in [-0.1, -0.05) is 362 Å². The number of esters is 4. The zero-order valence-electron chi connectivity index (χ0n) is 63.2. The first-order valence-corrected chi connectivity index (χ1v) is 43.6. The smallest absolute Gasteiger partial charge is 0.462 e. The second-order valence-corrected chi connectivity index (χ2v) is 31.5. The van der Waals surface area contributed by atoms with E-state index in [1.54, 1.807) is 0 Å². The van der Waals surface area contributed by atoms with Gasteiger partial charge in [0.1, 0.15) is 19.3 Å². The average molecular weight is 1420 g/mol. The summed E-state index contributed by atoms with van der Waals surface area (Å²) in [5.74, 6) is -1.45. The topological polar surface area (TPSA) is 237 Å². The highest BCUT2D eigenvalue weighted by molar-refractivity contribution is 7.47. The highest BCUT2D eigenvalue weighted by Gasteiger charge is 2.30. The van der Waals surface area contributed by atoms with Crippen molar-refractivity contribution in [2.45, 2.75) is 432 Å². The number of hydrogen-bond donors (Lipinski definition) is 3. The van der Waals surface area contributed by atoms with Crippen LogP contribution in [0.1, 0.15) is 413 Å². The van der Waals surface area contributed by atoms with Crippen molar-refractivity contribution < 1.29 is 80.2 Å². The van der Waals surface area contributed by atoms with Crippen LogP contribution in [-0.2, 0) is 65.4 Å². The molecule has 0 aliphatic carbocycles. The van der Waals surface area contributed by atoms with Crippen molar-refractivity contribution in [2.75, 3.05) is 39.6 Å². The first-order valence-electron chi connectivity index (χ1n) is 40.6. The minimum Gasteiger partial charge on any atom is -0.462 e. The maximum Gasteiger partial charge on any atom is 0.472 e. The number of phosphoric acid groups is 2. The maximum atomic E-state index is 13.1. The van der Waals surface area contributed by atoms with Crippen LogP contribution in [-0.4, -0.2) is 96.7 Å². The third kappa shape index (κ3) is 72.2. The molecule has 2 unspecified atom stereocenters. The van der Waals surface area contributed by atoms with Crippen LogP contribution < -0.4 is 0 Å². The van der Waals surface area contributed by atoms with Gasteiger partial charge in [-0.2, -0.15) is 0 Å². The van der Waals surface area contributed by atoms with E-state index >= 15 is 0 Å². The van der Waals surface area contributed by atoms with E-state index in [4.69, 9.17) is 37.0 Å². The summed E-state index contributed by atoms with van der Waals surface area (Å²) < 4.78 is 68.4. The van der Waals surface area contributed by atoms with Gasteiger partial charge in [0.25, 0.3) is 0 Å². The van der Waals surface area contributed by atoms with Gasteiger partial charge < -0.3 is 33.8 Å². The van der Waals surface area contributed by atoms with Crippen molar-refractivity contribution in [3.05, 3.63) is 0 Å². The van der Waals surface area contributed by atoms with Crippen molar-refractivity contribution in [2.24, 2.45) is 5.92 Å². The van der Waals surface area contributed by atoms with Crippen LogP contribution in [0.4, 0.5) is 0 Å². The number of carbonyl (C=O) groups is 4. The molecule has 0 spiro atoms. The molecule has 0 amide bonds. The van der Waals surface area contributed by atoms with E-state index in [-0.39, 0.29) is 25.7 Å². The lowest BCUT2D eigenvalue weighted by Gasteiger charge is -2.21. The van der Waals surface area contributed by atoms with Crippen molar-refractivity contribution in [1.82, 2.24) is 0 Å². The first-order chi connectivity index (χ1) is 47.0. The van der Waals surface area contributed by atoms with Gasteiger partial charge in [-0.3, -0.25) is 37.3 Å². The van der Waals surface area contributed by atoms with Gasteiger partial charge in [-0.25, -0.2) is 9.13 Å². The molecule has 0 radical (unpaired) electrons. The van der Waals surface area contributed by atoms with Crippen molar-refractivity contribution in [3.8, 4) is 0 Å². The molecule has 0 aromatic heterocycles. The summed E-state index contributed by atoms with van der Waals surface area (Å²) in [7, 11) is -9.90. The fraction of sp³-hybridized carbons (Fsp3) is 0.949. The van der Waals surface area contributed by atoms with Crippen molar-refractivity contribution in [1.29, 1.82) is 0 Å². The minimum absolute atomic E-state index is 0.102. The highest BCUT2D eigenvalue weighted by Crippen LogP contribution is 2.45. The number of hydrogen-bond acceptors (Lipinski definition) is 15. The Bertz CT molecular complexity index is 1860. The van der Waals surface area contributed by atoms with Crippen LogP contribution in [0.5, 0.6) is 0 Å². The fourth-order valence-electron chi connectivity index (χ4n) is 12.1. The number of phosphoric ester groups is 2. The molecule has 0 fully saturated rings. The molecular weight excluding hydrogens is 1270 g/mol.